The maximum Gasteiger partial charge on any atom is 0.222 e. The molecular formula is C24H25FO6S. The number of thiophene rings is 1. The van der Waals surface area contributed by atoms with Crippen molar-refractivity contribution >= 4 is 11.3 Å². The van der Waals surface area contributed by atoms with Crippen molar-refractivity contribution in [2.45, 2.75) is 43.5 Å². The number of hydrogen-bond donors (Lipinski definition) is 5. The molecule has 0 saturated carbocycles. The van der Waals surface area contributed by atoms with Crippen LogP contribution < -0.4 is 0 Å². The van der Waals surface area contributed by atoms with E-state index < -0.39 is 36.8 Å². The third-order valence-electron chi connectivity index (χ3n) is 5.88. The minimum absolute atomic E-state index is 0.213. The highest BCUT2D eigenvalue weighted by Crippen LogP contribution is 2.38. The fourth-order valence-corrected chi connectivity index (χ4v) is 4.94. The number of ether oxygens (including phenoxy) is 1. The number of halogens is 1. The van der Waals surface area contributed by atoms with Gasteiger partial charge in [0.15, 0.2) is 0 Å². The Balaban J connectivity index is 1.61. The van der Waals surface area contributed by atoms with Crippen molar-refractivity contribution in [1.29, 1.82) is 0 Å². The number of aliphatic hydroxyl groups excluding tert-OH is 4. The topological polar surface area (TPSA) is 110 Å². The maximum absolute atomic E-state index is 13.2. The lowest BCUT2D eigenvalue weighted by molar-refractivity contribution is -0.357. The molecule has 1 aromatic heterocycles. The molecule has 1 fully saturated rings. The summed E-state index contributed by atoms with van der Waals surface area (Å²) < 4.78 is 18.6. The predicted molar refractivity (Wildman–Crippen MR) is 118 cm³/mol. The SMILES string of the molecule is Cc1ccc(C2(O)OC(CO)C(O)C(O)C2O)cc1Cc1ccc(-c2ccc(F)cc2)s1. The molecule has 0 bridgehead atoms. The Morgan fingerprint density at radius 2 is 1.72 bits per heavy atom. The zero-order chi connectivity index (χ0) is 23.0. The van der Waals surface area contributed by atoms with E-state index in [-0.39, 0.29) is 11.4 Å². The van der Waals surface area contributed by atoms with Gasteiger partial charge in [0.05, 0.1) is 6.61 Å². The molecule has 0 radical (unpaired) electrons. The van der Waals surface area contributed by atoms with Gasteiger partial charge in [0.1, 0.15) is 30.2 Å². The summed E-state index contributed by atoms with van der Waals surface area (Å²) in [6.45, 7) is 1.29. The van der Waals surface area contributed by atoms with Gasteiger partial charge in [-0.2, -0.15) is 0 Å². The normalized spacial score (nSPS) is 28.1. The summed E-state index contributed by atoms with van der Waals surface area (Å²) in [7, 11) is 0. The van der Waals surface area contributed by atoms with Gasteiger partial charge in [-0.1, -0.05) is 24.3 Å². The van der Waals surface area contributed by atoms with Crippen LogP contribution in [0.3, 0.4) is 0 Å². The van der Waals surface area contributed by atoms with Crippen LogP contribution in [-0.2, 0) is 16.9 Å². The number of benzene rings is 2. The van der Waals surface area contributed by atoms with Crippen molar-refractivity contribution in [2.75, 3.05) is 6.61 Å². The minimum atomic E-state index is -2.29. The average Bonchev–Trinajstić information content (AvgIpc) is 3.25. The molecule has 170 valence electrons. The molecule has 0 spiro atoms. The van der Waals surface area contributed by atoms with Crippen molar-refractivity contribution in [3.05, 3.63) is 82.0 Å². The molecule has 4 rings (SSSR count). The van der Waals surface area contributed by atoms with Crippen LogP contribution >= 0.6 is 11.3 Å². The Morgan fingerprint density at radius 1 is 1.00 bits per heavy atom. The van der Waals surface area contributed by atoms with E-state index in [0.717, 1.165) is 26.4 Å². The van der Waals surface area contributed by atoms with E-state index in [4.69, 9.17) is 4.74 Å². The molecule has 6 nitrogen and oxygen atoms in total. The highest BCUT2D eigenvalue weighted by atomic mass is 32.1. The third kappa shape index (κ3) is 4.23. The number of aryl methyl sites for hydroxylation is 1. The van der Waals surface area contributed by atoms with E-state index in [2.05, 4.69) is 0 Å². The molecule has 32 heavy (non-hydrogen) atoms. The van der Waals surface area contributed by atoms with Gasteiger partial charge in [-0.3, -0.25) is 0 Å². The fourth-order valence-electron chi connectivity index (χ4n) is 3.91. The van der Waals surface area contributed by atoms with Gasteiger partial charge in [-0.25, -0.2) is 4.39 Å². The largest absolute Gasteiger partial charge is 0.394 e. The Bertz CT molecular complexity index is 1080. The number of hydrogen-bond acceptors (Lipinski definition) is 7. The molecule has 1 saturated heterocycles. The van der Waals surface area contributed by atoms with Gasteiger partial charge in [0.25, 0.3) is 0 Å². The molecule has 0 amide bonds. The second-order valence-electron chi connectivity index (χ2n) is 8.05. The minimum Gasteiger partial charge on any atom is -0.394 e. The predicted octanol–water partition coefficient (Wildman–Crippen LogP) is 2.07. The Labute approximate surface area is 188 Å². The summed E-state index contributed by atoms with van der Waals surface area (Å²) in [6, 6.07) is 15.3. The van der Waals surface area contributed by atoms with Crippen molar-refractivity contribution in [3.8, 4) is 10.4 Å². The van der Waals surface area contributed by atoms with Crippen LogP contribution in [0.25, 0.3) is 10.4 Å². The van der Waals surface area contributed by atoms with E-state index in [1.165, 1.54) is 12.1 Å². The molecule has 1 aliphatic heterocycles. The quantitative estimate of drug-likeness (QED) is 0.399. The summed E-state index contributed by atoms with van der Waals surface area (Å²) in [5.74, 6) is -2.58. The molecule has 2 aromatic carbocycles. The molecule has 8 heteroatoms. The smallest absolute Gasteiger partial charge is 0.222 e. The highest BCUT2D eigenvalue weighted by molar-refractivity contribution is 7.15. The molecular weight excluding hydrogens is 435 g/mol. The molecule has 3 aromatic rings. The molecule has 5 atom stereocenters. The van der Waals surface area contributed by atoms with Crippen LogP contribution in [0.2, 0.25) is 0 Å². The van der Waals surface area contributed by atoms with E-state index in [1.807, 2.05) is 19.1 Å². The highest BCUT2D eigenvalue weighted by Gasteiger charge is 2.53. The van der Waals surface area contributed by atoms with Crippen molar-refractivity contribution in [2.24, 2.45) is 0 Å². The standard InChI is InChI=1S/C24H25FO6S/c1-13-2-5-16(24(30)23(29)22(28)21(27)19(12-26)31-24)10-15(13)11-18-8-9-20(32-18)14-3-6-17(25)7-4-14/h2-10,19,21-23,26-30H,11-12H2,1H3. The molecule has 0 aliphatic carbocycles. The molecule has 5 N–H and O–H groups in total. The van der Waals surface area contributed by atoms with Crippen molar-refractivity contribution in [1.82, 2.24) is 0 Å². The zero-order valence-electron chi connectivity index (χ0n) is 17.4. The van der Waals surface area contributed by atoms with Crippen LogP contribution in [0, 0.1) is 12.7 Å². The first kappa shape index (κ1) is 23.0. The zero-order valence-corrected chi connectivity index (χ0v) is 18.2. The Morgan fingerprint density at radius 3 is 2.41 bits per heavy atom. The summed E-state index contributed by atoms with van der Waals surface area (Å²) in [6.07, 6.45) is -5.73. The van der Waals surface area contributed by atoms with Gasteiger partial charge in [0, 0.05) is 21.7 Å². The van der Waals surface area contributed by atoms with Gasteiger partial charge < -0.3 is 30.3 Å². The number of rotatable bonds is 5. The molecule has 5 unspecified atom stereocenters. The van der Waals surface area contributed by atoms with Gasteiger partial charge in [-0.15, -0.1) is 11.3 Å². The summed E-state index contributed by atoms with van der Waals surface area (Å²) in [4.78, 5) is 2.05. The van der Waals surface area contributed by atoms with Crippen LogP contribution in [0.5, 0.6) is 0 Å². The lowest BCUT2D eigenvalue weighted by Gasteiger charge is -2.45. The van der Waals surface area contributed by atoms with Gasteiger partial charge >= 0.3 is 0 Å². The van der Waals surface area contributed by atoms with E-state index in [1.54, 1.807) is 41.7 Å². The molecule has 1 aliphatic rings. The monoisotopic (exact) mass is 460 g/mol. The van der Waals surface area contributed by atoms with E-state index >= 15 is 0 Å². The summed E-state index contributed by atoms with van der Waals surface area (Å²) in [5, 5.41) is 51.1. The van der Waals surface area contributed by atoms with Crippen LogP contribution in [0.1, 0.15) is 21.6 Å². The van der Waals surface area contributed by atoms with Crippen LogP contribution in [0.15, 0.2) is 54.6 Å². The van der Waals surface area contributed by atoms with E-state index in [9.17, 15) is 29.9 Å². The first-order valence-electron chi connectivity index (χ1n) is 10.2. The van der Waals surface area contributed by atoms with Crippen LogP contribution in [0.4, 0.5) is 4.39 Å². The lowest BCUT2D eigenvalue weighted by atomic mass is 9.86. The first-order chi connectivity index (χ1) is 15.2. The average molecular weight is 461 g/mol. The maximum atomic E-state index is 13.2. The molecule has 2 heterocycles. The van der Waals surface area contributed by atoms with Crippen molar-refractivity contribution < 1.29 is 34.7 Å². The van der Waals surface area contributed by atoms with Crippen LogP contribution in [-0.4, -0.2) is 56.6 Å². The van der Waals surface area contributed by atoms with E-state index in [0.29, 0.717) is 6.42 Å². The number of aliphatic hydroxyl groups is 5. The van der Waals surface area contributed by atoms with Crippen molar-refractivity contribution in [3.63, 3.8) is 0 Å². The second kappa shape index (κ2) is 8.99. The fraction of sp³-hybridized carbons (Fsp3) is 0.333. The van der Waals surface area contributed by atoms with Gasteiger partial charge in [-0.05, 0) is 53.9 Å². The first-order valence-corrected chi connectivity index (χ1v) is 11.0. The summed E-state index contributed by atoms with van der Waals surface area (Å²) in [5.41, 5.74) is 2.97. The third-order valence-corrected chi connectivity index (χ3v) is 7.02. The summed E-state index contributed by atoms with van der Waals surface area (Å²) >= 11 is 1.57. The lowest BCUT2D eigenvalue weighted by Crippen LogP contribution is -2.63. The Hall–Kier alpha value is -2.17. The second-order valence-corrected chi connectivity index (χ2v) is 9.22. The Kier molecular flexibility index (Phi) is 6.46. The van der Waals surface area contributed by atoms with Gasteiger partial charge in [0.2, 0.25) is 5.79 Å².